The zero-order chi connectivity index (χ0) is 14.3. The molecule has 0 aliphatic carbocycles. The number of carboxylic acid groups (broad SMARTS) is 1. The van der Waals surface area contributed by atoms with Crippen molar-refractivity contribution < 1.29 is 19.7 Å². The molecule has 4 nitrogen and oxygen atoms in total. The van der Waals surface area contributed by atoms with E-state index in [0.717, 1.165) is 19.4 Å². The zero-order valence-electron chi connectivity index (χ0n) is 12.3. The quantitative estimate of drug-likeness (QED) is 0.477. The number of aliphatic hydroxyl groups is 1. The van der Waals surface area contributed by atoms with Crippen LogP contribution < -0.4 is 0 Å². The molecule has 0 unspecified atom stereocenters. The normalized spacial score (nSPS) is 12.5. The van der Waals surface area contributed by atoms with Crippen molar-refractivity contribution in [2.24, 2.45) is 0 Å². The molecule has 2 N–H and O–H groups in total. The second kappa shape index (κ2) is 13.8. The highest BCUT2D eigenvalue weighted by atomic mass is 16.5. The van der Waals surface area contributed by atoms with Crippen LogP contribution >= 0.6 is 0 Å². The molecule has 0 aromatic carbocycles. The SMILES string of the molecule is CCCCCCCCCOCCC[C@H](O)CC(=O)O. The average Bonchev–Trinajstić information content (AvgIpc) is 2.35. The van der Waals surface area contributed by atoms with E-state index in [1.54, 1.807) is 0 Å². The molecule has 0 bridgehead atoms. The molecule has 114 valence electrons. The molecule has 0 saturated carbocycles. The third kappa shape index (κ3) is 15.3. The third-order valence-corrected chi connectivity index (χ3v) is 3.13. The fourth-order valence-electron chi connectivity index (χ4n) is 1.99. The van der Waals surface area contributed by atoms with Crippen molar-refractivity contribution in [1.82, 2.24) is 0 Å². The van der Waals surface area contributed by atoms with E-state index in [-0.39, 0.29) is 6.42 Å². The van der Waals surface area contributed by atoms with Crippen LogP contribution in [0.1, 0.15) is 71.1 Å². The molecule has 0 amide bonds. The van der Waals surface area contributed by atoms with Gasteiger partial charge in [0.25, 0.3) is 0 Å². The predicted molar refractivity (Wildman–Crippen MR) is 76.3 cm³/mol. The van der Waals surface area contributed by atoms with Crippen LogP contribution in [-0.4, -0.2) is 35.5 Å². The van der Waals surface area contributed by atoms with Gasteiger partial charge < -0.3 is 14.9 Å². The Balaban J connectivity index is 3.08. The Kier molecular flexibility index (Phi) is 13.4. The van der Waals surface area contributed by atoms with Gasteiger partial charge in [0.05, 0.1) is 12.5 Å². The van der Waals surface area contributed by atoms with E-state index in [4.69, 9.17) is 9.84 Å². The van der Waals surface area contributed by atoms with Crippen molar-refractivity contribution in [3.63, 3.8) is 0 Å². The van der Waals surface area contributed by atoms with E-state index < -0.39 is 12.1 Å². The second-order valence-corrected chi connectivity index (χ2v) is 5.13. The Bertz CT molecular complexity index is 206. The number of hydrogen-bond acceptors (Lipinski definition) is 3. The molecule has 0 aromatic rings. The van der Waals surface area contributed by atoms with Gasteiger partial charge in [0.1, 0.15) is 0 Å². The van der Waals surface area contributed by atoms with Gasteiger partial charge >= 0.3 is 5.97 Å². The van der Waals surface area contributed by atoms with Crippen LogP contribution in [0.3, 0.4) is 0 Å². The number of rotatable bonds is 14. The molecule has 4 heteroatoms. The summed E-state index contributed by atoms with van der Waals surface area (Å²) in [6.45, 7) is 3.62. The Morgan fingerprint density at radius 3 is 2.21 bits per heavy atom. The van der Waals surface area contributed by atoms with Crippen LogP contribution in [0, 0.1) is 0 Å². The van der Waals surface area contributed by atoms with Crippen LogP contribution in [0.15, 0.2) is 0 Å². The monoisotopic (exact) mass is 274 g/mol. The molecule has 0 aromatic heterocycles. The maximum Gasteiger partial charge on any atom is 0.305 e. The van der Waals surface area contributed by atoms with E-state index in [9.17, 15) is 9.90 Å². The summed E-state index contributed by atoms with van der Waals surface area (Å²) >= 11 is 0. The van der Waals surface area contributed by atoms with Gasteiger partial charge in [-0.2, -0.15) is 0 Å². The first-order valence-electron chi connectivity index (χ1n) is 7.64. The highest BCUT2D eigenvalue weighted by Gasteiger charge is 2.08. The standard InChI is InChI=1S/C15H30O4/c1-2-3-4-5-6-7-8-11-19-12-9-10-14(16)13-15(17)18/h14,16H,2-13H2,1H3,(H,17,18)/t14-/m0/s1. The summed E-state index contributed by atoms with van der Waals surface area (Å²) in [5.41, 5.74) is 0. The molecule has 1 atom stereocenters. The van der Waals surface area contributed by atoms with E-state index in [2.05, 4.69) is 6.92 Å². The number of ether oxygens (including phenoxy) is 1. The lowest BCUT2D eigenvalue weighted by Gasteiger charge is -2.08. The third-order valence-electron chi connectivity index (χ3n) is 3.13. The molecular weight excluding hydrogens is 244 g/mol. The molecule has 0 saturated heterocycles. The predicted octanol–water partition coefficient (Wildman–Crippen LogP) is 3.37. The molecular formula is C15H30O4. The van der Waals surface area contributed by atoms with E-state index in [1.807, 2.05) is 0 Å². The van der Waals surface area contributed by atoms with Gasteiger partial charge in [-0.3, -0.25) is 4.79 Å². The van der Waals surface area contributed by atoms with Gasteiger partial charge in [-0.1, -0.05) is 45.4 Å². The summed E-state index contributed by atoms with van der Waals surface area (Å²) in [4.78, 5) is 10.3. The largest absolute Gasteiger partial charge is 0.481 e. The van der Waals surface area contributed by atoms with Crippen molar-refractivity contribution in [2.45, 2.75) is 77.2 Å². The van der Waals surface area contributed by atoms with Crippen LogP contribution in [0.2, 0.25) is 0 Å². The molecule has 0 radical (unpaired) electrons. The van der Waals surface area contributed by atoms with Crippen molar-refractivity contribution in [1.29, 1.82) is 0 Å². The fourth-order valence-corrected chi connectivity index (χ4v) is 1.99. The molecule has 0 aliphatic rings. The number of carboxylic acids is 1. The fraction of sp³-hybridized carbons (Fsp3) is 0.933. The summed E-state index contributed by atoms with van der Waals surface area (Å²) in [5, 5.41) is 17.8. The maximum absolute atomic E-state index is 10.3. The minimum Gasteiger partial charge on any atom is -0.481 e. The van der Waals surface area contributed by atoms with Crippen LogP contribution in [0.5, 0.6) is 0 Å². The highest BCUT2D eigenvalue weighted by molar-refractivity contribution is 5.67. The molecule has 0 spiro atoms. The molecule has 0 aliphatic heterocycles. The van der Waals surface area contributed by atoms with Crippen molar-refractivity contribution in [3.8, 4) is 0 Å². The van der Waals surface area contributed by atoms with Crippen molar-refractivity contribution in [3.05, 3.63) is 0 Å². The van der Waals surface area contributed by atoms with Crippen LogP contribution in [-0.2, 0) is 9.53 Å². The minimum absolute atomic E-state index is 0.169. The lowest BCUT2D eigenvalue weighted by atomic mass is 10.1. The summed E-state index contributed by atoms with van der Waals surface area (Å²) in [7, 11) is 0. The second-order valence-electron chi connectivity index (χ2n) is 5.13. The van der Waals surface area contributed by atoms with Crippen LogP contribution in [0.4, 0.5) is 0 Å². The number of hydrogen-bond donors (Lipinski definition) is 2. The molecule has 0 fully saturated rings. The number of aliphatic carboxylic acids is 1. The number of aliphatic hydroxyl groups excluding tert-OH is 1. The van der Waals surface area contributed by atoms with E-state index in [1.165, 1.54) is 38.5 Å². The summed E-state index contributed by atoms with van der Waals surface area (Å²) in [6.07, 6.45) is 9.25. The smallest absolute Gasteiger partial charge is 0.305 e. The van der Waals surface area contributed by atoms with Gasteiger partial charge in [-0.15, -0.1) is 0 Å². The topological polar surface area (TPSA) is 66.8 Å². The Morgan fingerprint density at radius 1 is 1.00 bits per heavy atom. The summed E-state index contributed by atoms with van der Waals surface area (Å²) in [5.74, 6) is -0.948. The van der Waals surface area contributed by atoms with Gasteiger partial charge in [-0.05, 0) is 19.3 Å². The van der Waals surface area contributed by atoms with Gasteiger partial charge in [0, 0.05) is 13.2 Å². The van der Waals surface area contributed by atoms with Gasteiger partial charge in [-0.25, -0.2) is 0 Å². The lowest BCUT2D eigenvalue weighted by molar-refractivity contribution is -0.139. The molecule has 0 heterocycles. The summed E-state index contributed by atoms with van der Waals surface area (Å²) < 4.78 is 5.46. The van der Waals surface area contributed by atoms with E-state index >= 15 is 0 Å². The van der Waals surface area contributed by atoms with Crippen molar-refractivity contribution in [2.75, 3.05) is 13.2 Å². The minimum atomic E-state index is -0.948. The highest BCUT2D eigenvalue weighted by Crippen LogP contribution is 2.07. The Labute approximate surface area is 117 Å². The number of unbranched alkanes of at least 4 members (excludes halogenated alkanes) is 6. The van der Waals surface area contributed by atoms with Gasteiger partial charge in [0.2, 0.25) is 0 Å². The molecule has 19 heavy (non-hydrogen) atoms. The lowest BCUT2D eigenvalue weighted by Crippen LogP contribution is -2.13. The first-order valence-corrected chi connectivity index (χ1v) is 7.64. The van der Waals surface area contributed by atoms with E-state index in [0.29, 0.717) is 13.0 Å². The Hall–Kier alpha value is -0.610. The maximum atomic E-state index is 10.3. The van der Waals surface area contributed by atoms with Crippen molar-refractivity contribution >= 4 is 5.97 Å². The van der Waals surface area contributed by atoms with Crippen LogP contribution in [0.25, 0.3) is 0 Å². The van der Waals surface area contributed by atoms with Gasteiger partial charge in [0.15, 0.2) is 0 Å². The average molecular weight is 274 g/mol. The first-order chi connectivity index (χ1) is 9.16. The Morgan fingerprint density at radius 2 is 1.58 bits per heavy atom. The molecule has 0 rings (SSSR count). The number of carbonyl (C=O) groups is 1. The zero-order valence-corrected chi connectivity index (χ0v) is 12.3. The summed E-state index contributed by atoms with van der Waals surface area (Å²) in [6, 6.07) is 0. The first kappa shape index (κ1) is 18.4.